The van der Waals surface area contributed by atoms with Gasteiger partial charge in [-0.3, -0.25) is 0 Å². The molecule has 1 aliphatic rings. The fraction of sp³-hybridized carbons (Fsp3) is 0.647. The van der Waals surface area contributed by atoms with Crippen molar-refractivity contribution >= 4 is 5.69 Å². The van der Waals surface area contributed by atoms with Crippen LogP contribution in [0.3, 0.4) is 0 Å². The Hall–Kier alpha value is -1.13. The molecule has 0 unspecified atom stereocenters. The number of piperidine rings is 1. The first kappa shape index (κ1) is 16.2. The largest absolute Gasteiger partial charge is 0.396 e. The van der Waals surface area contributed by atoms with Crippen LogP contribution in [0.4, 0.5) is 10.1 Å². The molecular weight excluding hydrogens is 267 g/mol. The summed E-state index contributed by atoms with van der Waals surface area (Å²) in [5.74, 6) is 0.830. The van der Waals surface area contributed by atoms with E-state index < -0.39 is 0 Å². The van der Waals surface area contributed by atoms with E-state index >= 15 is 0 Å². The summed E-state index contributed by atoms with van der Waals surface area (Å²) in [4.78, 5) is 2.32. The number of rotatable bonds is 6. The first-order valence-corrected chi connectivity index (χ1v) is 7.95. The molecule has 118 valence electrons. The van der Waals surface area contributed by atoms with Crippen LogP contribution in [0.2, 0.25) is 0 Å². The van der Waals surface area contributed by atoms with E-state index in [-0.39, 0.29) is 12.4 Å². The molecule has 1 aliphatic heterocycles. The molecule has 1 aromatic carbocycles. The lowest BCUT2D eigenvalue weighted by atomic mass is 9.97. The third-order valence-corrected chi connectivity index (χ3v) is 4.12. The zero-order valence-electron chi connectivity index (χ0n) is 13.1. The number of nitrogens with one attached hydrogen (secondary N) is 1. The number of anilines is 1. The van der Waals surface area contributed by atoms with Crippen LogP contribution in [0.5, 0.6) is 0 Å². The number of nitrogens with zero attached hydrogens (tertiary/aromatic N) is 1. The molecule has 1 heterocycles. The van der Waals surface area contributed by atoms with Gasteiger partial charge in [0.2, 0.25) is 0 Å². The Balaban J connectivity index is 2.04. The fourth-order valence-corrected chi connectivity index (χ4v) is 2.86. The number of hydrogen-bond acceptors (Lipinski definition) is 3. The van der Waals surface area contributed by atoms with Crippen molar-refractivity contribution in [2.45, 2.75) is 33.2 Å². The van der Waals surface area contributed by atoms with Crippen molar-refractivity contribution in [3.05, 3.63) is 29.6 Å². The van der Waals surface area contributed by atoms with Crippen molar-refractivity contribution in [2.75, 3.05) is 31.1 Å². The Labute approximate surface area is 127 Å². The van der Waals surface area contributed by atoms with Gasteiger partial charge in [0.1, 0.15) is 5.82 Å². The molecule has 4 heteroatoms. The Morgan fingerprint density at radius 1 is 1.33 bits per heavy atom. The van der Waals surface area contributed by atoms with E-state index in [0.717, 1.165) is 43.7 Å². The van der Waals surface area contributed by atoms with Crippen LogP contribution in [0.15, 0.2) is 18.2 Å². The molecule has 0 aliphatic carbocycles. The molecule has 0 radical (unpaired) electrons. The second kappa shape index (κ2) is 7.76. The minimum absolute atomic E-state index is 0.176. The minimum Gasteiger partial charge on any atom is -0.396 e. The quantitative estimate of drug-likeness (QED) is 0.847. The molecule has 21 heavy (non-hydrogen) atoms. The van der Waals surface area contributed by atoms with Crippen LogP contribution >= 0.6 is 0 Å². The zero-order chi connectivity index (χ0) is 15.2. The normalized spacial score (nSPS) is 16.7. The summed E-state index contributed by atoms with van der Waals surface area (Å²) in [6, 6.07) is 5.07. The van der Waals surface area contributed by atoms with Gasteiger partial charge in [0.25, 0.3) is 0 Å². The average Bonchev–Trinajstić information content (AvgIpc) is 2.47. The lowest BCUT2D eigenvalue weighted by Crippen LogP contribution is -2.35. The van der Waals surface area contributed by atoms with Crippen LogP contribution in [-0.2, 0) is 6.54 Å². The van der Waals surface area contributed by atoms with Gasteiger partial charge in [-0.05, 0) is 55.0 Å². The second-order valence-electron chi connectivity index (χ2n) is 6.41. The van der Waals surface area contributed by atoms with E-state index in [1.165, 1.54) is 0 Å². The van der Waals surface area contributed by atoms with Gasteiger partial charge in [-0.2, -0.15) is 0 Å². The predicted molar refractivity (Wildman–Crippen MR) is 85.0 cm³/mol. The Morgan fingerprint density at radius 2 is 2.05 bits per heavy atom. The van der Waals surface area contributed by atoms with E-state index in [9.17, 15) is 9.50 Å². The highest BCUT2D eigenvalue weighted by Gasteiger charge is 2.20. The highest BCUT2D eigenvalue weighted by atomic mass is 19.1. The van der Waals surface area contributed by atoms with Gasteiger partial charge in [-0.1, -0.05) is 13.8 Å². The van der Waals surface area contributed by atoms with Gasteiger partial charge in [-0.15, -0.1) is 0 Å². The summed E-state index contributed by atoms with van der Waals surface area (Å²) in [6.45, 7) is 8.12. The maximum Gasteiger partial charge on any atom is 0.123 e. The monoisotopic (exact) mass is 294 g/mol. The molecule has 0 amide bonds. The predicted octanol–water partition coefficient (Wildman–Crippen LogP) is 2.78. The van der Waals surface area contributed by atoms with Crippen LogP contribution < -0.4 is 10.2 Å². The second-order valence-corrected chi connectivity index (χ2v) is 6.41. The number of benzene rings is 1. The number of halogens is 1. The van der Waals surface area contributed by atoms with Crippen molar-refractivity contribution < 1.29 is 9.50 Å². The first-order valence-electron chi connectivity index (χ1n) is 7.95. The molecular formula is C17H27FN2O. The maximum atomic E-state index is 13.5. The van der Waals surface area contributed by atoms with Gasteiger partial charge in [0.15, 0.2) is 0 Å². The van der Waals surface area contributed by atoms with Crippen molar-refractivity contribution in [1.82, 2.24) is 5.32 Å². The van der Waals surface area contributed by atoms with E-state index in [1.54, 1.807) is 12.1 Å². The third kappa shape index (κ3) is 4.68. The molecule has 0 atom stereocenters. The minimum atomic E-state index is -0.176. The topological polar surface area (TPSA) is 35.5 Å². The highest BCUT2D eigenvalue weighted by Crippen LogP contribution is 2.27. The summed E-state index contributed by atoms with van der Waals surface area (Å²) in [7, 11) is 0. The lowest BCUT2D eigenvalue weighted by Gasteiger charge is -2.34. The molecule has 1 saturated heterocycles. The summed E-state index contributed by atoms with van der Waals surface area (Å²) < 4.78 is 13.5. The lowest BCUT2D eigenvalue weighted by molar-refractivity contribution is 0.203. The molecule has 0 bridgehead atoms. The summed E-state index contributed by atoms with van der Waals surface area (Å²) in [6.07, 6.45) is 2.01. The van der Waals surface area contributed by atoms with Crippen LogP contribution in [0.25, 0.3) is 0 Å². The van der Waals surface area contributed by atoms with Crippen LogP contribution in [0.1, 0.15) is 32.3 Å². The highest BCUT2D eigenvalue weighted by molar-refractivity contribution is 5.54. The molecule has 1 fully saturated rings. The molecule has 0 saturated carbocycles. The molecule has 0 aromatic heterocycles. The standard InChI is InChI=1S/C17H27FN2O/c1-13(2)10-19-11-15-9-16(18)3-4-17(15)20-7-5-14(12-21)6-8-20/h3-4,9,13-14,19,21H,5-8,10-12H2,1-2H3. The van der Waals surface area contributed by atoms with Gasteiger partial charge in [0.05, 0.1) is 0 Å². The molecule has 0 spiro atoms. The summed E-state index contributed by atoms with van der Waals surface area (Å²) in [5.41, 5.74) is 2.15. The van der Waals surface area contributed by atoms with Gasteiger partial charge in [0, 0.05) is 31.9 Å². The molecule has 3 nitrogen and oxygen atoms in total. The number of aliphatic hydroxyl groups excluding tert-OH is 1. The summed E-state index contributed by atoms with van der Waals surface area (Å²) in [5, 5.41) is 12.6. The van der Waals surface area contributed by atoms with E-state index in [2.05, 4.69) is 24.1 Å². The van der Waals surface area contributed by atoms with Crippen molar-refractivity contribution in [2.24, 2.45) is 11.8 Å². The van der Waals surface area contributed by atoms with E-state index in [4.69, 9.17) is 0 Å². The fourth-order valence-electron chi connectivity index (χ4n) is 2.86. The SMILES string of the molecule is CC(C)CNCc1cc(F)ccc1N1CCC(CO)CC1. The van der Waals surface area contributed by atoms with Crippen molar-refractivity contribution in [3.8, 4) is 0 Å². The molecule has 1 aromatic rings. The Kier molecular flexibility index (Phi) is 6.00. The zero-order valence-corrected chi connectivity index (χ0v) is 13.1. The van der Waals surface area contributed by atoms with Crippen LogP contribution in [-0.4, -0.2) is 31.3 Å². The van der Waals surface area contributed by atoms with E-state index in [0.29, 0.717) is 18.4 Å². The maximum absolute atomic E-state index is 13.5. The number of aliphatic hydroxyl groups is 1. The first-order chi connectivity index (χ1) is 10.1. The third-order valence-electron chi connectivity index (χ3n) is 4.12. The van der Waals surface area contributed by atoms with E-state index in [1.807, 2.05) is 6.07 Å². The molecule has 2 N–H and O–H groups in total. The van der Waals surface area contributed by atoms with Gasteiger partial charge >= 0.3 is 0 Å². The van der Waals surface area contributed by atoms with Gasteiger partial charge < -0.3 is 15.3 Å². The van der Waals surface area contributed by atoms with Crippen molar-refractivity contribution in [3.63, 3.8) is 0 Å². The van der Waals surface area contributed by atoms with Crippen LogP contribution in [0, 0.1) is 17.7 Å². The Bertz CT molecular complexity index is 442. The van der Waals surface area contributed by atoms with Crippen molar-refractivity contribution in [1.29, 1.82) is 0 Å². The summed E-state index contributed by atoms with van der Waals surface area (Å²) >= 11 is 0. The smallest absolute Gasteiger partial charge is 0.123 e. The number of hydrogen-bond donors (Lipinski definition) is 2. The molecule has 2 rings (SSSR count). The Morgan fingerprint density at radius 3 is 2.67 bits per heavy atom. The average molecular weight is 294 g/mol. The van der Waals surface area contributed by atoms with Gasteiger partial charge in [-0.25, -0.2) is 4.39 Å².